The molecule has 0 fully saturated rings. The maximum atomic E-state index is 9.97. The van der Waals surface area contributed by atoms with Crippen molar-refractivity contribution in [1.82, 2.24) is 5.32 Å². The summed E-state index contributed by atoms with van der Waals surface area (Å²) in [5, 5.41) is 2.59. The molecule has 0 aliphatic carbocycles. The van der Waals surface area contributed by atoms with E-state index in [0.29, 0.717) is 19.5 Å². The van der Waals surface area contributed by atoms with E-state index >= 15 is 0 Å². The third-order valence-electron chi connectivity index (χ3n) is 1.65. The van der Waals surface area contributed by atoms with Crippen LogP contribution in [-0.2, 0) is 17.9 Å². The highest BCUT2D eigenvalue weighted by Gasteiger charge is 1.91. The molecule has 0 aliphatic rings. The van der Waals surface area contributed by atoms with E-state index in [9.17, 15) is 4.79 Å². The van der Waals surface area contributed by atoms with Gasteiger partial charge in [-0.15, -0.1) is 0 Å². The molecule has 3 heteroatoms. The molecule has 0 spiro atoms. The van der Waals surface area contributed by atoms with Crippen molar-refractivity contribution in [3.63, 3.8) is 0 Å². The minimum atomic E-state index is 0.557. The molecule has 1 rings (SSSR count). The minimum absolute atomic E-state index is 0.557. The van der Waals surface area contributed by atoms with Gasteiger partial charge >= 0.3 is 0 Å². The van der Waals surface area contributed by atoms with Crippen LogP contribution in [-0.4, -0.2) is 6.41 Å². The third kappa shape index (κ3) is 2.36. The number of benzene rings is 1. The van der Waals surface area contributed by atoms with Gasteiger partial charge in [0.05, 0.1) is 0 Å². The van der Waals surface area contributed by atoms with Gasteiger partial charge in [0, 0.05) is 13.1 Å². The van der Waals surface area contributed by atoms with Crippen molar-refractivity contribution in [2.75, 3.05) is 0 Å². The van der Waals surface area contributed by atoms with Crippen LogP contribution in [0.1, 0.15) is 11.1 Å². The monoisotopic (exact) mass is 164 g/mol. The Hall–Kier alpha value is -1.35. The number of hydrogen-bond donors (Lipinski definition) is 2. The average molecular weight is 164 g/mol. The van der Waals surface area contributed by atoms with Crippen molar-refractivity contribution in [3.05, 3.63) is 35.4 Å². The highest BCUT2D eigenvalue weighted by atomic mass is 16.1. The van der Waals surface area contributed by atoms with Crippen LogP contribution in [0.4, 0.5) is 0 Å². The van der Waals surface area contributed by atoms with Gasteiger partial charge in [-0.25, -0.2) is 0 Å². The van der Waals surface area contributed by atoms with Crippen LogP contribution >= 0.6 is 0 Å². The normalized spacial score (nSPS) is 9.42. The lowest BCUT2D eigenvalue weighted by atomic mass is 10.1. The Balaban J connectivity index is 2.58. The fraction of sp³-hybridized carbons (Fsp3) is 0.222. The first-order chi connectivity index (χ1) is 5.86. The van der Waals surface area contributed by atoms with E-state index in [1.807, 2.05) is 24.3 Å². The van der Waals surface area contributed by atoms with Crippen LogP contribution in [0.15, 0.2) is 24.3 Å². The number of nitrogens with one attached hydrogen (secondary N) is 1. The first-order valence-electron chi connectivity index (χ1n) is 3.81. The minimum Gasteiger partial charge on any atom is -0.355 e. The molecule has 12 heavy (non-hydrogen) atoms. The molecule has 0 aromatic heterocycles. The maximum Gasteiger partial charge on any atom is 0.207 e. The van der Waals surface area contributed by atoms with Crippen LogP contribution in [0.2, 0.25) is 0 Å². The quantitative estimate of drug-likeness (QED) is 0.632. The van der Waals surface area contributed by atoms with E-state index < -0.39 is 0 Å². The average Bonchev–Trinajstić information content (AvgIpc) is 2.15. The summed E-state index contributed by atoms with van der Waals surface area (Å²) in [6.07, 6.45) is 0.691. The van der Waals surface area contributed by atoms with E-state index in [1.54, 1.807) is 0 Å². The lowest BCUT2D eigenvalue weighted by molar-refractivity contribution is -0.109. The van der Waals surface area contributed by atoms with Gasteiger partial charge in [-0.1, -0.05) is 24.3 Å². The standard InChI is InChI=1S/C9H12N2O/c10-5-8-1-3-9(4-2-8)6-11-7-12/h1-4,7H,5-6,10H2,(H,11,12). The summed E-state index contributed by atoms with van der Waals surface area (Å²) in [7, 11) is 0. The number of carbonyl (C=O) groups is 1. The molecular weight excluding hydrogens is 152 g/mol. The summed E-state index contributed by atoms with van der Waals surface area (Å²) in [6.45, 7) is 1.13. The molecule has 3 N–H and O–H groups in total. The molecule has 0 aliphatic heterocycles. The smallest absolute Gasteiger partial charge is 0.207 e. The van der Waals surface area contributed by atoms with Gasteiger partial charge in [0.2, 0.25) is 6.41 Å². The van der Waals surface area contributed by atoms with Crippen molar-refractivity contribution in [2.45, 2.75) is 13.1 Å². The molecule has 0 saturated carbocycles. The largest absolute Gasteiger partial charge is 0.355 e. The van der Waals surface area contributed by atoms with Crippen LogP contribution in [0, 0.1) is 0 Å². The molecule has 1 amide bonds. The molecule has 0 saturated heterocycles. The zero-order valence-corrected chi connectivity index (χ0v) is 6.79. The first-order valence-corrected chi connectivity index (χ1v) is 3.81. The summed E-state index contributed by atoms with van der Waals surface area (Å²) in [6, 6.07) is 7.83. The SMILES string of the molecule is NCc1ccc(CNC=O)cc1. The zero-order valence-electron chi connectivity index (χ0n) is 6.79. The maximum absolute atomic E-state index is 9.97. The Labute approximate surface area is 71.6 Å². The van der Waals surface area contributed by atoms with Gasteiger partial charge in [-0.2, -0.15) is 0 Å². The summed E-state index contributed by atoms with van der Waals surface area (Å²) in [4.78, 5) is 9.97. The van der Waals surface area contributed by atoms with Crippen molar-refractivity contribution >= 4 is 6.41 Å². The van der Waals surface area contributed by atoms with Gasteiger partial charge in [0.1, 0.15) is 0 Å². The zero-order chi connectivity index (χ0) is 8.81. The van der Waals surface area contributed by atoms with Crippen molar-refractivity contribution in [3.8, 4) is 0 Å². The lowest BCUT2D eigenvalue weighted by Gasteiger charge is -2.00. The number of carbonyl (C=O) groups excluding carboxylic acids is 1. The van der Waals surface area contributed by atoms with E-state index in [1.165, 1.54) is 0 Å². The second-order valence-electron chi connectivity index (χ2n) is 2.52. The number of amides is 1. The van der Waals surface area contributed by atoms with Crippen LogP contribution in [0.5, 0.6) is 0 Å². The van der Waals surface area contributed by atoms with Crippen molar-refractivity contribution in [2.24, 2.45) is 5.73 Å². The Kier molecular flexibility index (Phi) is 3.29. The highest BCUT2D eigenvalue weighted by Crippen LogP contribution is 2.02. The van der Waals surface area contributed by atoms with Gasteiger partial charge < -0.3 is 11.1 Å². The Morgan fingerprint density at radius 3 is 2.33 bits per heavy atom. The molecular formula is C9H12N2O. The van der Waals surface area contributed by atoms with E-state index in [4.69, 9.17) is 5.73 Å². The predicted octanol–water partition coefficient (Wildman–Crippen LogP) is 0.391. The fourth-order valence-electron chi connectivity index (χ4n) is 0.953. The number of nitrogens with two attached hydrogens (primary N) is 1. The number of hydrogen-bond acceptors (Lipinski definition) is 2. The molecule has 64 valence electrons. The molecule has 0 radical (unpaired) electrons. The van der Waals surface area contributed by atoms with Gasteiger partial charge in [-0.3, -0.25) is 4.79 Å². The van der Waals surface area contributed by atoms with Crippen LogP contribution in [0.3, 0.4) is 0 Å². The summed E-state index contributed by atoms with van der Waals surface area (Å²) >= 11 is 0. The van der Waals surface area contributed by atoms with E-state index in [-0.39, 0.29) is 0 Å². The van der Waals surface area contributed by atoms with Gasteiger partial charge in [0.15, 0.2) is 0 Å². The second kappa shape index (κ2) is 4.51. The molecule has 1 aromatic rings. The van der Waals surface area contributed by atoms with Gasteiger partial charge in [0.25, 0.3) is 0 Å². The van der Waals surface area contributed by atoms with Crippen LogP contribution in [0.25, 0.3) is 0 Å². The van der Waals surface area contributed by atoms with Crippen LogP contribution < -0.4 is 11.1 Å². The second-order valence-corrected chi connectivity index (χ2v) is 2.52. The molecule has 0 bridgehead atoms. The van der Waals surface area contributed by atoms with Gasteiger partial charge in [-0.05, 0) is 11.1 Å². The Bertz CT molecular complexity index is 243. The lowest BCUT2D eigenvalue weighted by Crippen LogP contribution is -2.09. The molecule has 0 unspecified atom stereocenters. The molecule has 0 atom stereocenters. The Morgan fingerprint density at radius 1 is 1.25 bits per heavy atom. The predicted molar refractivity (Wildman–Crippen MR) is 47.2 cm³/mol. The summed E-state index contributed by atoms with van der Waals surface area (Å²) < 4.78 is 0. The molecule has 1 aromatic carbocycles. The van der Waals surface area contributed by atoms with Crippen molar-refractivity contribution in [1.29, 1.82) is 0 Å². The fourth-order valence-corrected chi connectivity index (χ4v) is 0.953. The third-order valence-corrected chi connectivity index (χ3v) is 1.65. The Morgan fingerprint density at radius 2 is 1.83 bits per heavy atom. The molecule has 3 nitrogen and oxygen atoms in total. The van der Waals surface area contributed by atoms with Crippen molar-refractivity contribution < 1.29 is 4.79 Å². The van der Waals surface area contributed by atoms with E-state index in [2.05, 4.69) is 5.32 Å². The summed E-state index contributed by atoms with van der Waals surface area (Å²) in [5.41, 5.74) is 7.61. The van der Waals surface area contributed by atoms with E-state index in [0.717, 1.165) is 11.1 Å². The number of rotatable bonds is 4. The topological polar surface area (TPSA) is 55.1 Å². The molecule has 0 heterocycles. The summed E-state index contributed by atoms with van der Waals surface area (Å²) in [5.74, 6) is 0. The highest BCUT2D eigenvalue weighted by molar-refractivity contribution is 5.46. The first kappa shape index (κ1) is 8.74.